The first-order valence-electron chi connectivity index (χ1n) is 22.2. The van der Waals surface area contributed by atoms with Crippen LogP contribution in [0.15, 0.2) is 243 Å². The lowest BCUT2D eigenvalue weighted by atomic mass is 9.96. The van der Waals surface area contributed by atoms with Gasteiger partial charge in [-0.15, -0.1) is 19.7 Å². The van der Waals surface area contributed by atoms with E-state index in [0.717, 1.165) is 111 Å². The summed E-state index contributed by atoms with van der Waals surface area (Å²) in [5.41, 5.74) is 16.5. The van der Waals surface area contributed by atoms with E-state index >= 15 is 0 Å². The highest BCUT2D eigenvalue weighted by Gasteiger charge is 2.20. The van der Waals surface area contributed by atoms with Crippen LogP contribution in [0, 0.1) is 0 Å². The number of benzene rings is 6. The van der Waals surface area contributed by atoms with Crippen LogP contribution in [0.4, 0.5) is 0 Å². The van der Waals surface area contributed by atoms with Crippen LogP contribution >= 0.6 is 0 Å². The Morgan fingerprint density at radius 3 is 1.72 bits per heavy atom. The minimum Gasteiger partial charge on any atom is -0.454 e. The molecule has 12 rings (SSSR count). The fraction of sp³-hybridized carbons (Fsp3) is 0.0328. The number of aromatic nitrogens is 5. The van der Waals surface area contributed by atoms with Crippen molar-refractivity contribution in [2.45, 2.75) is 13.8 Å². The first kappa shape index (κ1) is 43.4. The molecule has 67 heavy (non-hydrogen) atoms. The van der Waals surface area contributed by atoms with Crippen molar-refractivity contribution in [3.63, 3.8) is 0 Å². The third-order valence-electron chi connectivity index (χ3n) is 11.6. The largest absolute Gasteiger partial charge is 0.454 e. The van der Waals surface area contributed by atoms with Gasteiger partial charge in [-0.1, -0.05) is 110 Å². The van der Waals surface area contributed by atoms with Gasteiger partial charge in [0, 0.05) is 51.4 Å². The normalized spacial score (nSPS) is 11.0. The van der Waals surface area contributed by atoms with E-state index in [1.54, 1.807) is 12.2 Å². The zero-order chi connectivity index (χ0) is 46.3. The standard InChI is InChI=1S/C51H31N5O.C5H8.C3H6.C2H4/c1-2-11-35(12-3-1)55-43-23-20-32(30-40(43)49-45(55)18-9-27-53-49)33-22-25-48-39(29-33)38-15-8-17-47(51(38)57-48)56-44-24-21-34(31-41(44)50-46(56)19-10-28-54-50)36-13-4-5-14-37(36)42-16-6-7-26-52-42;1-3-5-4-2;1-3-2;1-2/h1-31H;3-5H,1H2,2H3;3H,1H2,2H3;1-2H2/b;5-4-;;. The van der Waals surface area contributed by atoms with Crippen LogP contribution < -0.4 is 0 Å². The molecule has 12 aromatic rings. The maximum Gasteiger partial charge on any atom is 0.159 e. The summed E-state index contributed by atoms with van der Waals surface area (Å²) < 4.78 is 11.4. The Morgan fingerprint density at radius 2 is 1.06 bits per heavy atom. The van der Waals surface area contributed by atoms with Crippen molar-refractivity contribution in [1.82, 2.24) is 24.1 Å². The Morgan fingerprint density at radius 1 is 0.478 bits per heavy atom. The lowest BCUT2D eigenvalue weighted by Crippen LogP contribution is -1.94. The maximum atomic E-state index is 6.77. The second-order valence-electron chi connectivity index (χ2n) is 15.6. The highest BCUT2D eigenvalue weighted by molar-refractivity contribution is 6.13. The number of nitrogens with zero attached hydrogens (tertiary/aromatic N) is 5. The lowest BCUT2D eigenvalue weighted by molar-refractivity contribution is 0.666. The van der Waals surface area contributed by atoms with Gasteiger partial charge < -0.3 is 13.6 Å². The molecule has 0 N–H and O–H groups in total. The second-order valence-corrected chi connectivity index (χ2v) is 15.6. The molecule has 6 nitrogen and oxygen atoms in total. The minimum atomic E-state index is 0.836. The summed E-state index contributed by atoms with van der Waals surface area (Å²) in [4.78, 5) is 14.4. The van der Waals surface area contributed by atoms with Crippen LogP contribution in [-0.2, 0) is 0 Å². The van der Waals surface area contributed by atoms with Gasteiger partial charge in [-0.3, -0.25) is 15.0 Å². The predicted octanol–water partition coefficient (Wildman–Crippen LogP) is 16.7. The number of hydrogen-bond donors (Lipinski definition) is 0. The van der Waals surface area contributed by atoms with Gasteiger partial charge in [-0.05, 0) is 127 Å². The third-order valence-corrected chi connectivity index (χ3v) is 11.6. The van der Waals surface area contributed by atoms with Crippen molar-refractivity contribution in [3.05, 3.63) is 239 Å². The van der Waals surface area contributed by atoms with Crippen LogP contribution in [0.5, 0.6) is 0 Å². The smallest absolute Gasteiger partial charge is 0.159 e. The molecule has 324 valence electrons. The van der Waals surface area contributed by atoms with Crippen molar-refractivity contribution in [2.24, 2.45) is 0 Å². The Bertz CT molecular complexity index is 3740. The summed E-state index contributed by atoms with van der Waals surface area (Å²) in [6.45, 7) is 16.7. The van der Waals surface area contributed by atoms with Crippen molar-refractivity contribution in [2.75, 3.05) is 0 Å². The van der Waals surface area contributed by atoms with Crippen molar-refractivity contribution < 1.29 is 4.42 Å². The van der Waals surface area contributed by atoms with E-state index in [4.69, 9.17) is 14.4 Å². The first-order valence-corrected chi connectivity index (χ1v) is 22.2. The second kappa shape index (κ2) is 19.5. The van der Waals surface area contributed by atoms with E-state index in [9.17, 15) is 0 Å². The van der Waals surface area contributed by atoms with Crippen LogP contribution in [0.2, 0.25) is 0 Å². The van der Waals surface area contributed by atoms with Crippen LogP contribution in [0.3, 0.4) is 0 Å². The molecule has 0 saturated heterocycles. The summed E-state index contributed by atoms with van der Waals surface area (Å²) >= 11 is 0. The molecule has 0 radical (unpaired) electrons. The van der Waals surface area contributed by atoms with Gasteiger partial charge in [0.2, 0.25) is 0 Å². The highest BCUT2D eigenvalue weighted by atomic mass is 16.3. The molecule has 0 aliphatic carbocycles. The van der Waals surface area contributed by atoms with E-state index in [0.29, 0.717) is 0 Å². The summed E-state index contributed by atoms with van der Waals surface area (Å²) in [5, 5.41) is 4.33. The zero-order valence-corrected chi connectivity index (χ0v) is 37.7. The predicted molar refractivity (Wildman–Crippen MR) is 284 cm³/mol. The average Bonchev–Trinajstić information content (AvgIpc) is 4.05. The average molecular weight is 868 g/mol. The van der Waals surface area contributed by atoms with Gasteiger partial charge in [0.15, 0.2) is 5.58 Å². The minimum absolute atomic E-state index is 0.836. The van der Waals surface area contributed by atoms with Crippen LogP contribution in [0.25, 0.3) is 111 Å². The van der Waals surface area contributed by atoms with Gasteiger partial charge in [-0.2, -0.15) is 0 Å². The molecular weight excluding hydrogens is 819 g/mol. The van der Waals surface area contributed by atoms with E-state index in [-0.39, 0.29) is 0 Å². The van der Waals surface area contributed by atoms with Crippen molar-refractivity contribution in [3.8, 4) is 44.9 Å². The van der Waals surface area contributed by atoms with Crippen LogP contribution in [0.1, 0.15) is 13.8 Å². The molecule has 0 unspecified atom stereocenters. The summed E-state index contributed by atoms with van der Waals surface area (Å²) in [6.07, 6.45) is 12.9. The quantitative estimate of drug-likeness (QED) is 0.123. The van der Waals surface area contributed by atoms with Gasteiger partial charge in [0.1, 0.15) is 5.58 Å². The Balaban J connectivity index is 0.000000518. The summed E-state index contributed by atoms with van der Waals surface area (Å²) in [7, 11) is 0. The van der Waals surface area contributed by atoms with Gasteiger partial charge in [-0.25, -0.2) is 0 Å². The number of hydrogen-bond acceptors (Lipinski definition) is 4. The SMILES string of the molecule is C=C.C=C/C=C\C.C=CC.c1ccc(-n2c3ccc(-c4ccc5oc6c(-n7c8ccc(-c9ccccc9-c9ccccn9)cc8c8ncccc87)cccc6c5c4)cc3c3ncccc32)cc1. The molecule has 0 aliphatic rings. The third kappa shape index (κ3) is 8.02. The summed E-state index contributed by atoms with van der Waals surface area (Å²) in [5.74, 6) is 0. The maximum absolute atomic E-state index is 6.77. The Labute approximate surface area is 390 Å². The van der Waals surface area contributed by atoms with Gasteiger partial charge in [0.25, 0.3) is 0 Å². The number of furan rings is 1. The molecule has 0 fully saturated rings. The monoisotopic (exact) mass is 867 g/mol. The molecule has 6 heterocycles. The Kier molecular flexibility index (Phi) is 12.6. The number of pyridine rings is 3. The summed E-state index contributed by atoms with van der Waals surface area (Å²) in [6, 6.07) is 59.6. The van der Waals surface area contributed by atoms with Crippen molar-refractivity contribution >= 4 is 65.8 Å². The molecule has 6 aromatic heterocycles. The number of allylic oxidation sites excluding steroid dienone is 4. The molecule has 0 saturated carbocycles. The molecular formula is C61H49N5O. The van der Waals surface area contributed by atoms with Crippen LogP contribution in [-0.4, -0.2) is 24.1 Å². The van der Waals surface area contributed by atoms with Gasteiger partial charge in [0.05, 0.1) is 44.5 Å². The van der Waals surface area contributed by atoms with Gasteiger partial charge >= 0.3 is 0 Å². The first-order chi connectivity index (χ1) is 33.1. The van der Waals surface area contributed by atoms with E-state index in [2.05, 4.69) is 180 Å². The number of para-hydroxylation sites is 2. The Hall–Kier alpha value is -8.87. The molecule has 6 aromatic carbocycles. The fourth-order valence-electron chi connectivity index (χ4n) is 8.89. The lowest BCUT2D eigenvalue weighted by Gasteiger charge is -2.11. The molecule has 0 spiro atoms. The molecule has 0 amide bonds. The number of rotatable bonds is 6. The fourth-order valence-corrected chi connectivity index (χ4v) is 8.89. The molecule has 0 aliphatic heterocycles. The van der Waals surface area contributed by atoms with Crippen molar-refractivity contribution in [1.29, 1.82) is 0 Å². The molecule has 6 heteroatoms. The highest BCUT2D eigenvalue weighted by Crippen LogP contribution is 2.41. The van der Waals surface area contributed by atoms with E-state index in [1.165, 1.54) is 0 Å². The number of fused-ring (bicyclic) bond motifs is 9. The van der Waals surface area contributed by atoms with E-state index in [1.807, 2.05) is 74.9 Å². The zero-order valence-electron chi connectivity index (χ0n) is 37.7. The molecule has 0 atom stereocenters. The van der Waals surface area contributed by atoms with E-state index < -0.39 is 0 Å². The molecule has 0 bridgehead atoms. The topological polar surface area (TPSA) is 61.7 Å².